The molecule has 1 N–H and O–H groups in total. The van der Waals surface area contributed by atoms with Crippen LogP contribution in [-0.2, 0) is 16.1 Å². The van der Waals surface area contributed by atoms with Gasteiger partial charge >= 0.3 is 0 Å². The van der Waals surface area contributed by atoms with E-state index in [9.17, 15) is 9.50 Å². The second-order valence-corrected chi connectivity index (χ2v) is 7.55. The molecular formula is C23H24ClFN2O3. The lowest BCUT2D eigenvalue weighted by Crippen LogP contribution is -2.39. The van der Waals surface area contributed by atoms with Crippen LogP contribution in [-0.4, -0.2) is 54.2 Å². The lowest BCUT2D eigenvalue weighted by atomic mass is 10.0. The quantitative estimate of drug-likeness (QED) is 0.463. The van der Waals surface area contributed by atoms with Gasteiger partial charge in [0.15, 0.2) is 0 Å². The van der Waals surface area contributed by atoms with E-state index in [1.807, 2.05) is 35.2 Å². The second kappa shape index (κ2) is 11.1. The van der Waals surface area contributed by atoms with Crippen LogP contribution in [0.15, 0.2) is 53.7 Å². The molecule has 0 unspecified atom stereocenters. The van der Waals surface area contributed by atoms with Crippen LogP contribution in [0, 0.1) is 18.2 Å². The first-order valence-electron chi connectivity index (χ1n) is 9.69. The van der Waals surface area contributed by atoms with Crippen LogP contribution in [0.1, 0.15) is 17.5 Å². The van der Waals surface area contributed by atoms with E-state index in [1.54, 1.807) is 6.07 Å². The van der Waals surface area contributed by atoms with E-state index in [2.05, 4.69) is 11.1 Å². The van der Waals surface area contributed by atoms with E-state index in [0.29, 0.717) is 31.1 Å². The molecule has 1 aliphatic heterocycles. The number of ether oxygens (including phenoxy) is 1. The molecule has 0 radical (unpaired) electrons. The zero-order chi connectivity index (χ0) is 21.3. The van der Waals surface area contributed by atoms with Crippen LogP contribution >= 0.6 is 11.6 Å². The molecule has 2 aromatic carbocycles. The van der Waals surface area contributed by atoms with Gasteiger partial charge < -0.3 is 14.7 Å². The normalized spacial score (nSPS) is 16.8. The van der Waals surface area contributed by atoms with Crippen LogP contribution < -0.4 is 0 Å². The van der Waals surface area contributed by atoms with Gasteiger partial charge in [0.05, 0.1) is 18.4 Å². The first kappa shape index (κ1) is 22.3. The van der Waals surface area contributed by atoms with Gasteiger partial charge in [0.2, 0.25) is 0 Å². The summed E-state index contributed by atoms with van der Waals surface area (Å²) in [5.74, 6) is 2.07. The Balaban J connectivity index is 1.63. The topological polar surface area (TPSA) is 54.3 Å². The molecule has 0 fully saturated rings. The Morgan fingerprint density at radius 3 is 2.93 bits per heavy atom. The maximum Gasteiger partial charge on any atom is 0.145 e. The molecule has 2 atom stereocenters. The monoisotopic (exact) mass is 430 g/mol. The predicted octanol–water partition coefficient (Wildman–Crippen LogP) is 3.49. The molecule has 5 nitrogen and oxygen atoms in total. The zero-order valence-corrected chi connectivity index (χ0v) is 17.3. The molecule has 0 amide bonds. The third kappa shape index (κ3) is 6.54. The standard InChI is InChI=1S/C23H24ClFN2O3/c1-2-10-29-16-19(28)14-27(13-17-6-5-7-18(25)11-17)15-20-12-23(26-30-20)21-8-3-4-9-22(21)24/h1,3-9,11,19-20,28H,10,12-16H2/t19-,20+/m0/s1. The van der Waals surface area contributed by atoms with E-state index in [4.69, 9.17) is 27.6 Å². The fourth-order valence-corrected chi connectivity index (χ4v) is 3.62. The fourth-order valence-electron chi connectivity index (χ4n) is 3.37. The Morgan fingerprint density at radius 2 is 2.17 bits per heavy atom. The van der Waals surface area contributed by atoms with Crippen molar-refractivity contribution in [2.45, 2.75) is 25.2 Å². The summed E-state index contributed by atoms with van der Waals surface area (Å²) in [5, 5.41) is 15.1. The van der Waals surface area contributed by atoms with Gasteiger partial charge in [-0.05, 0) is 23.8 Å². The molecule has 0 aromatic heterocycles. The third-order valence-electron chi connectivity index (χ3n) is 4.64. The molecule has 7 heteroatoms. The van der Waals surface area contributed by atoms with Crippen molar-refractivity contribution < 1.29 is 19.1 Å². The number of halogens is 2. The lowest BCUT2D eigenvalue weighted by molar-refractivity contribution is 0.00417. The van der Waals surface area contributed by atoms with Gasteiger partial charge in [-0.2, -0.15) is 0 Å². The summed E-state index contributed by atoms with van der Waals surface area (Å²) in [6.45, 7) is 1.53. The van der Waals surface area contributed by atoms with Crippen molar-refractivity contribution in [1.82, 2.24) is 4.90 Å². The predicted molar refractivity (Wildman–Crippen MR) is 115 cm³/mol. The smallest absolute Gasteiger partial charge is 0.145 e. The lowest BCUT2D eigenvalue weighted by Gasteiger charge is -2.27. The molecule has 1 aliphatic rings. The maximum atomic E-state index is 13.6. The number of hydrogen-bond acceptors (Lipinski definition) is 5. The van der Waals surface area contributed by atoms with E-state index in [1.165, 1.54) is 12.1 Å². The number of hydrogen-bond donors (Lipinski definition) is 1. The van der Waals surface area contributed by atoms with E-state index < -0.39 is 6.10 Å². The summed E-state index contributed by atoms with van der Waals surface area (Å²) in [6.07, 6.45) is 4.82. The van der Waals surface area contributed by atoms with Crippen LogP contribution in [0.3, 0.4) is 0 Å². The number of rotatable bonds is 10. The summed E-state index contributed by atoms with van der Waals surface area (Å²) >= 11 is 6.27. The molecule has 0 spiro atoms. The molecule has 0 saturated carbocycles. The van der Waals surface area contributed by atoms with Gasteiger partial charge in [-0.15, -0.1) is 6.42 Å². The number of oxime groups is 1. The molecule has 0 saturated heterocycles. The first-order chi connectivity index (χ1) is 14.5. The molecule has 158 valence electrons. The highest BCUT2D eigenvalue weighted by molar-refractivity contribution is 6.34. The van der Waals surface area contributed by atoms with E-state index in [0.717, 1.165) is 16.8 Å². The SMILES string of the molecule is C#CCOC[C@@H](O)CN(Cc1cccc(F)c1)C[C@H]1CC(c2ccccc2Cl)=NO1. The van der Waals surface area contributed by atoms with Gasteiger partial charge in [-0.1, -0.05) is 53.0 Å². The average molecular weight is 431 g/mol. The van der Waals surface area contributed by atoms with Gasteiger partial charge in [0, 0.05) is 36.6 Å². The first-order valence-corrected chi connectivity index (χ1v) is 10.1. The van der Waals surface area contributed by atoms with Crippen LogP contribution in [0.4, 0.5) is 4.39 Å². The van der Waals surface area contributed by atoms with Gasteiger partial charge in [-0.25, -0.2) is 4.39 Å². The van der Waals surface area contributed by atoms with Crippen molar-refractivity contribution in [3.63, 3.8) is 0 Å². The Bertz CT molecular complexity index is 915. The Kier molecular flexibility index (Phi) is 8.23. The highest BCUT2D eigenvalue weighted by atomic mass is 35.5. The molecular weight excluding hydrogens is 407 g/mol. The summed E-state index contributed by atoms with van der Waals surface area (Å²) in [6, 6.07) is 13.9. The highest BCUT2D eigenvalue weighted by Crippen LogP contribution is 2.23. The van der Waals surface area contributed by atoms with Gasteiger partial charge in [0.25, 0.3) is 0 Å². The zero-order valence-electron chi connectivity index (χ0n) is 16.5. The van der Waals surface area contributed by atoms with Crippen molar-refractivity contribution in [3.8, 4) is 12.3 Å². The van der Waals surface area contributed by atoms with Crippen molar-refractivity contribution in [3.05, 3.63) is 70.5 Å². The molecule has 30 heavy (non-hydrogen) atoms. The summed E-state index contributed by atoms with van der Waals surface area (Å²) in [4.78, 5) is 7.62. The van der Waals surface area contributed by atoms with Crippen LogP contribution in [0.2, 0.25) is 5.02 Å². The molecule has 2 aromatic rings. The summed E-state index contributed by atoms with van der Waals surface area (Å²) < 4.78 is 18.8. The Labute approximate surface area is 181 Å². The van der Waals surface area contributed by atoms with E-state index in [-0.39, 0.29) is 25.1 Å². The minimum Gasteiger partial charge on any atom is -0.390 e. The summed E-state index contributed by atoms with van der Waals surface area (Å²) in [7, 11) is 0. The fraction of sp³-hybridized carbons (Fsp3) is 0.348. The van der Waals surface area contributed by atoms with E-state index >= 15 is 0 Å². The summed E-state index contributed by atoms with van der Waals surface area (Å²) in [5.41, 5.74) is 2.44. The number of nitrogens with zero attached hydrogens (tertiary/aromatic N) is 2. The molecule has 0 bridgehead atoms. The van der Waals surface area contributed by atoms with Gasteiger partial charge in [0.1, 0.15) is 18.5 Å². The van der Waals surface area contributed by atoms with Crippen LogP contribution in [0.25, 0.3) is 0 Å². The average Bonchev–Trinajstić information content (AvgIpc) is 3.16. The van der Waals surface area contributed by atoms with Gasteiger partial charge in [-0.3, -0.25) is 4.90 Å². The minimum absolute atomic E-state index is 0.122. The third-order valence-corrected chi connectivity index (χ3v) is 4.97. The second-order valence-electron chi connectivity index (χ2n) is 7.15. The highest BCUT2D eigenvalue weighted by Gasteiger charge is 2.26. The van der Waals surface area contributed by atoms with Crippen molar-refractivity contribution in [2.24, 2.45) is 5.16 Å². The minimum atomic E-state index is -0.739. The van der Waals surface area contributed by atoms with Crippen molar-refractivity contribution in [1.29, 1.82) is 0 Å². The Morgan fingerprint density at radius 1 is 1.33 bits per heavy atom. The number of terminal acetylenes is 1. The number of aliphatic hydroxyl groups excluding tert-OH is 1. The molecule has 0 aliphatic carbocycles. The van der Waals surface area contributed by atoms with Crippen molar-refractivity contribution in [2.75, 3.05) is 26.3 Å². The maximum absolute atomic E-state index is 13.6. The molecule has 3 rings (SSSR count). The number of aliphatic hydroxyl groups is 1. The van der Waals surface area contributed by atoms with Crippen molar-refractivity contribution >= 4 is 17.3 Å². The van der Waals surface area contributed by atoms with Crippen LogP contribution in [0.5, 0.6) is 0 Å². The largest absolute Gasteiger partial charge is 0.390 e. The number of benzene rings is 2. The molecule has 1 heterocycles. The Hall–Kier alpha value is -2.43.